The van der Waals surface area contributed by atoms with Crippen molar-refractivity contribution in [2.24, 2.45) is 0 Å². The lowest BCUT2D eigenvalue weighted by atomic mass is 10.2. The molecule has 1 fully saturated rings. The van der Waals surface area contributed by atoms with Crippen LogP contribution in [0.1, 0.15) is 11.1 Å². The van der Waals surface area contributed by atoms with E-state index < -0.39 is 14.9 Å². The molecule has 0 spiro atoms. The van der Waals surface area contributed by atoms with E-state index in [4.69, 9.17) is 0 Å². The molecule has 1 aliphatic heterocycles. The maximum Gasteiger partial charge on any atom is 0.270 e. The van der Waals surface area contributed by atoms with Gasteiger partial charge in [-0.05, 0) is 36.4 Å². The summed E-state index contributed by atoms with van der Waals surface area (Å²) in [6.07, 6.45) is 2.79. The molecule has 164 valence electrons. The van der Waals surface area contributed by atoms with Crippen LogP contribution in [0.3, 0.4) is 0 Å². The SMILES string of the molecule is CN1CCN(S(=O)(=O)c2ccc(CNC(=O)/C=C/c3cccc([N+](=O)[O-])c3)cc2)CC1. The van der Waals surface area contributed by atoms with E-state index in [-0.39, 0.29) is 23.0 Å². The number of nitrogens with one attached hydrogen (secondary N) is 1. The minimum absolute atomic E-state index is 0.0471. The van der Waals surface area contributed by atoms with Crippen molar-refractivity contribution in [2.45, 2.75) is 11.4 Å². The lowest BCUT2D eigenvalue weighted by Gasteiger charge is -2.31. The van der Waals surface area contributed by atoms with Crippen molar-refractivity contribution in [3.05, 3.63) is 75.8 Å². The van der Waals surface area contributed by atoms with Crippen LogP contribution in [0.2, 0.25) is 0 Å². The largest absolute Gasteiger partial charge is 0.348 e. The van der Waals surface area contributed by atoms with Gasteiger partial charge >= 0.3 is 0 Å². The Morgan fingerprint density at radius 3 is 2.45 bits per heavy atom. The Morgan fingerprint density at radius 1 is 1.13 bits per heavy atom. The number of carbonyl (C=O) groups excluding carboxylic acids is 1. The fraction of sp³-hybridized carbons (Fsp3) is 0.286. The van der Waals surface area contributed by atoms with E-state index in [9.17, 15) is 23.3 Å². The van der Waals surface area contributed by atoms with E-state index >= 15 is 0 Å². The third-order valence-corrected chi connectivity index (χ3v) is 6.91. The molecular weight excluding hydrogens is 420 g/mol. The van der Waals surface area contributed by atoms with E-state index in [0.29, 0.717) is 31.7 Å². The highest BCUT2D eigenvalue weighted by molar-refractivity contribution is 7.89. The number of hydrogen-bond donors (Lipinski definition) is 1. The average molecular weight is 445 g/mol. The van der Waals surface area contributed by atoms with Crippen molar-refractivity contribution in [3.8, 4) is 0 Å². The van der Waals surface area contributed by atoms with Crippen molar-refractivity contribution >= 4 is 27.7 Å². The summed E-state index contributed by atoms with van der Waals surface area (Å²) in [4.78, 5) is 24.7. The number of nitro groups is 1. The summed E-state index contributed by atoms with van der Waals surface area (Å²) >= 11 is 0. The summed E-state index contributed by atoms with van der Waals surface area (Å²) in [5.74, 6) is -0.361. The molecule has 2 aromatic carbocycles. The first-order valence-corrected chi connectivity index (χ1v) is 11.2. The average Bonchev–Trinajstić information content (AvgIpc) is 2.77. The third-order valence-electron chi connectivity index (χ3n) is 5.00. The maximum absolute atomic E-state index is 12.7. The molecule has 3 rings (SSSR count). The number of hydrogen-bond acceptors (Lipinski definition) is 6. The smallest absolute Gasteiger partial charge is 0.270 e. The highest BCUT2D eigenvalue weighted by Crippen LogP contribution is 2.18. The molecule has 0 bridgehead atoms. The van der Waals surface area contributed by atoms with E-state index in [1.54, 1.807) is 36.4 Å². The zero-order chi connectivity index (χ0) is 22.4. The number of benzene rings is 2. The number of carbonyl (C=O) groups is 1. The first-order valence-electron chi connectivity index (χ1n) is 9.74. The Morgan fingerprint density at radius 2 is 1.81 bits per heavy atom. The molecule has 2 aromatic rings. The zero-order valence-electron chi connectivity index (χ0n) is 17.1. The topological polar surface area (TPSA) is 113 Å². The lowest BCUT2D eigenvalue weighted by molar-refractivity contribution is -0.384. The van der Waals surface area contributed by atoms with Gasteiger partial charge in [0.25, 0.3) is 5.69 Å². The molecule has 0 atom stereocenters. The van der Waals surface area contributed by atoms with Crippen molar-refractivity contribution < 1.29 is 18.1 Å². The molecule has 10 heteroatoms. The number of nitrogens with zero attached hydrogens (tertiary/aromatic N) is 3. The Hall–Kier alpha value is -3.08. The summed E-state index contributed by atoms with van der Waals surface area (Å²) in [7, 11) is -1.56. The van der Waals surface area contributed by atoms with Crippen LogP contribution in [0.25, 0.3) is 6.08 Å². The van der Waals surface area contributed by atoms with Crippen LogP contribution in [0.5, 0.6) is 0 Å². The standard InChI is InChI=1S/C21H24N4O5S/c1-23-11-13-24(14-12-23)31(29,30)20-8-5-18(6-9-20)16-22-21(26)10-7-17-3-2-4-19(15-17)25(27)28/h2-10,15H,11-14,16H2,1H3,(H,22,26)/b10-7+. The zero-order valence-corrected chi connectivity index (χ0v) is 17.9. The van der Waals surface area contributed by atoms with Crippen LogP contribution in [-0.2, 0) is 21.4 Å². The molecule has 0 aliphatic carbocycles. The van der Waals surface area contributed by atoms with Crippen LogP contribution in [-0.4, -0.2) is 61.7 Å². The summed E-state index contributed by atoms with van der Waals surface area (Å²) < 4.78 is 27.0. The van der Waals surface area contributed by atoms with Gasteiger partial charge in [0.15, 0.2) is 0 Å². The monoisotopic (exact) mass is 444 g/mol. The molecule has 1 N–H and O–H groups in total. The number of sulfonamides is 1. The maximum atomic E-state index is 12.7. The quantitative estimate of drug-likeness (QED) is 0.396. The fourth-order valence-corrected chi connectivity index (χ4v) is 4.54. The minimum atomic E-state index is -3.52. The van der Waals surface area contributed by atoms with Gasteiger partial charge in [-0.25, -0.2) is 8.42 Å². The van der Waals surface area contributed by atoms with E-state index in [0.717, 1.165) is 5.56 Å². The Balaban J connectivity index is 1.56. The summed E-state index contributed by atoms with van der Waals surface area (Å²) in [5, 5.41) is 13.5. The second-order valence-corrected chi connectivity index (χ2v) is 9.19. The molecule has 0 radical (unpaired) electrons. The van der Waals surface area contributed by atoms with Crippen LogP contribution in [0.4, 0.5) is 5.69 Å². The van der Waals surface area contributed by atoms with Gasteiger partial charge in [-0.1, -0.05) is 24.3 Å². The highest BCUT2D eigenvalue weighted by atomic mass is 32.2. The van der Waals surface area contributed by atoms with Gasteiger partial charge in [0, 0.05) is 50.9 Å². The second-order valence-electron chi connectivity index (χ2n) is 7.25. The molecule has 1 aliphatic rings. The molecule has 9 nitrogen and oxygen atoms in total. The van der Waals surface area contributed by atoms with E-state index in [1.807, 2.05) is 7.05 Å². The highest BCUT2D eigenvalue weighted by Gasteiger charge is 2.27. The van der Waals surface area contributed by atoms with Crippen LogP contribution in [0, 0.1) is 10.1 Å². The number of amides is 1. The van der Waals surface area contributed by atoms with Gasteiger partial charge < -0.3 is 10.2 Å². The predicted octanol–water partition coefficient (Wildman–Crippen LogP) is 1.86. The van der Waals surface area contributed by atoms with Crippen molar-refractivity contribution in [1.29, 1.82) is 0 Å². The van der Waals surface area contributed by atoms with Gasteiger partial charge in [-0.15, -0.1) is 0 Å². The van der Waals surface area contributed by atoms with Crippen LogP contribution < -0.4 is 5.32 Å². The summed E-state index contributed by atoms with van der Waals surface area (Å²) in [5.41, 5.74) is 1.26. The number of piperazine rings is 1. The van der Waals surface area contributed by atoms with E-state index in [2.05, 4.69) is 10.2 Å². The summed E-state index contributed by atoms with van der Waals surface area (Å²) in [6.45, 7) is 2.56. The molecule has 1 amide bonds. The Labute approximate surface area is 181 Å². The summed E-state index contributed by atoms with van der Waals surface area (Å²) in [6, 6.07) is 12.4. The van der Waals surface area contributed by atoms with Gasteiger partial charge in [0.1, 0.15) is 0 Å². The lowest BCUT2D eigenvalue weighted by Crippen LogP contribution is -2.46. The van der Waals surface area contributed by atoms with E-state index in [1.165, 1.54) is 28.6 Å². The number of nitro benzene ring substituents is 1. The second kappa shape index (κ2) is 9.82. The van der Waals surface area contributed by atoms with Crippen molar-refractivity contribution in [3.63, 3.8) is 0 Å². The van der Waals surface area contributed by atoms with Gasteiger partial charge in [-0.3, -0.25) is 14.9 Å². The Bertz CT molecular complexity index is 1080. The molecule has 1 heterocycles. The molecule has 0 saturated carbocycles. The molecule has 0 unspecified atom stereocenters. The molecule has 31 heavy (non-hydrogen) atoms. The van der Waals surface area contributed by atoms with Crippen molar-refractivity contribution in [1.82, 2.24) is 14.5 Å². The fourth-order valence-electron chi connectivity index (χ4n) is 3.12. The number of likely N-dealkylation sites (N-methyl/N-ethyl adjacent to an activating group) is 1. The third kappa shape index (κ3) is 5.97. The van der Waals surface area contributed by atoms with Gasteiger partial charge in [0.05, 0.1) is 9.82 Å². The first kappa shape index (κ1) is 22.6. The van der Waals surface area contributed by atoms with Crippen molar-refractivity contribution in [2.75, 3.05) is 33.2 Å². The number of rotatable bonds is 7. The van der Waals surface area contributed by atoms with Gasteiger partial charge in [-0.2, -0.15) is 4.31 Å². The molecule has 1 saturated heterocycles. The van der Waals surface area contributed by atoms with Gasteiger partial charge in [0.2, 0.25) is 15.9 Å². The van der Waals surface area contributed by atoms with Crippen LogP contribution in [0.15, 0.2) is 59.5 Å². The first-order chi connectivity index (χ1) is 14.8. The minimum Gasteiger partial charge on any atom is -0.348 e. The normalized spacial score (nSPS) is 15.8. The molecule has 0 aromatic heterocycles. The number of non-ortho nitro benzene ring substituents is 1. The van der Waals surface area contributed by atoms with Crippen LogP contribution >= 0.6 is 0 Å². The predicted molar refractivity (Wildman–Crippen MR) is 117 cm³/mol. The Kier molecular flexibility index (Phi) is 7.16. The molecular formula is C21H24N4O5S.